The monoisotopic (exact) mass is 319 g/mol. The minimum atomic E-state index is 0.255. The average molecular weight is 320 g/mol. The Hall–Kier alpha value is -1.49. The normalized spacial score (nSPS) is 12.4. The summed E-state index contributed by atoms with van der Waals surface area (Å²) in [7, 11) is 2.08. The second-order valence-corrected chi connectivity index (χ2v) is 5.94. The Kier molecular flexibility index (Phi) is 5.28. The third-order valence-electron chi connectivity index (χ3n) is 3.50. The van der Waals surface area contributed by atoms with Crippen LogP contribution in [0.4, 0.5) is 0 Å². The van der Waals surface area contributed by atoms with E-state index in [1.54, 1.807) is 6.20 Å². The zero-order chi connectivity index (χ0) is 15.4. The number of benzene rings is 1. The largest absolute Gasteiger partial charge is 0.388 e. The summed E-state index contributed by atoms with van der Waals surface area (Å²) in [5.41, 5.74) is 8.60. The van der Waals surface area contributed by atoms with Crippen LogP contribution in [0.25, 0.3) is 0 Å². The van der Waals surface area contributed by atoms with Gasteiger partial charge in [-0.2, -0.15) is 0 Å². The summed E-state index contributed by atoms with van der Waals surface area (Å²) in [4.78, 5) is 6.72. The van der Waals surface area contributed by atoms with Crippen molar-refractivity contribution in [3.63, 3.8) is 0 Å². The third-order valence-corrected chi connectivity index (χ3v) is 3.95. The highest BCUT2D eigenvalue weighted by atomic mass is 35.5. The number of aromatic nitrogens is 1. The minimum Gasteiger partial charge on any atom is -0.388 e. The summed E-state index contributed by atoms with van der Waals surface area (Å²) < 4.78 is 0. The maximum atomic E-state index is 6.05. The molecule has 110 valence electrons. The van der Waals surface area contributed by atoms with Crippen LogP contribution < -0.4 is 5.73 Å². The van der Waals surface area contributed by atoms with Gasteiger partial charge >= 0.3 is 0 Å². The molecule has 2 N–H and O–H groups in total. The van der Waals surface area contributed by atoms with Crippen molar-refractivity contribution >= 4 is 28.8 Å². The molecule has 0 radical (unpaired) electrons. The van der Waals surface area contributed by atoms with E-state index in [4.69, 9.17) is 29.6 Å². The van der Waals surface area contributed by atoms with Gasteiger partial charge < -0.3 is 5.73 Å². The first-order chi connectivity index (χ1) is 9.97. The highest BCUT2D eigenvalue weighted by Gasteiger charge is 2.13. The molecule has 1 unspecified atom stereocenters. The highest BCUT2D eigenvalue weighted by Crippen LogP contribution is 2.23. The van der Waals surface area contributed by atoms with E-state index in [0.29, 0.717) is 10.7 Å². The molecular formula is C16H18ClN3S. The van der Waals surface area contributed by atoms with Gasteiger partial charge in [-0.25, -0.2) is 0 Å². The van der Waals surface area contributed by atoms with Crippen molar-refractivity contribution in [3.8, 4) is 0 Å². The van der Waals surface area contributed by atoms with Gasteiger partial charge in [0, 0.05) is 23.8 Å². The van der Waals surface area contributed by atoms with Crippen molar-refractivity contribution < 1.29 is 0 Å². The van der Waals surface area contributed by atoms with Gasteiger partial charge in [-0.15, -0.1) is 0 Å². The fourth-order valence-electron chi connectivity index (χ4n) is 2.15. The standard InChI is InChI=1S/C16H18ClN3S/c1-11(13-4-3-5-14(17)9-13)20(2)10-12-6-7-19-15(8-12)16(18)21/h3-9,11H,10H2,1-2H3,(H2,18,21). The van der Waals surface area contributed by atoms with Crippen molar-refractivity contribution in [1.82, 2.24) is 9.88 Å². The topological polar surface area (TPSA) is 42.2 Å². The molecule has 0 saturated carbocycles. The maximum absolute atomic E-state index is 6.05. The number of hydrogen-bond donors (Lipinski definition) is 1. The molecule has 1 aromatic carbocycles. The van der Waals surface area contributed by atoms with Crippen LogP contribution in [0.2, 0.25) is 5.02 Å². The second kappa shape index (κ2) is 6.98. The van der Waals surface area contributed by atoms with Gasteiger partial charge in [-0.05, 0) is 49.4 Å². The molecular weight excluding hydrogens is 302 g/mol. The summed E-state index contributed by atoms with van der Waals surface area (Å²) in [5.74, 6) is 0. The number of nitrogens with two attached hydrogens (primary N) is 1. The zero-order valence-corrected chi connectivity index (χ0v) is 13.7. The van der Waals surface area contributed by atoms with E-state index >= 15 is 0 Å². The molecule has 0 amide bonds. The van der Waals surface area contributed by atoms with E-state index in [0.717, 1.165) is 17.1 Å². The Balaban J connectivity index is 2.12. The molecule has 1 atom stereocenters. The summed E-state index contributed by atoms with van der Waals surface area (Å²) in [6.45, 7) is 2.94. The number of thiocarbonyl (C=S) groups is 1. The first-order valence-corrected chi connectivity index (χ1v) is 7.46. The number of halogens is 1. The van der Waals surface area contributed by atoms with E-state index in [-0.39, 0.29) is 6.04 Å². The molecule has 0 saturated heterocycles. The molecule has 0 aliphatic heterocycles. The van der Waals surface area contributed by atoms with E-state index in [1.165, 1.54) is 5.56 Å². The van der Waals surface area contributed by atoms with Crippen molar-refractivity contribution in [2.45, 2.75) is 19.5 Å². The Morgan fingerprint density at radius 3 is 2.81 bits per heavy atom. The molecule has 0 spiro atoms. The molecule has 3 nitrogen and oxygen atoms in total. The molecule has 5 heteroatoms. The van der Waals surface area contributed by atoms with Crippen molar-refractivity contribution in [3.05, 3.63) is 64.4 Å². The number of hydrogen-bond acceptors (Lipinski definition) is 3. The van der Waals surface area contributed by atoms with Gasteiger partial charge in [0.15, 0.2) is 0 Å². The van der Waals surface area contributed by atoms with E-state index in [2.05, 4.69) is 29.9 Å². The van der Waals surface area contributed by atoms with Crippen LogP contribution in [-0.2, 0) is 6.54 Å². The SMILES string of the molecule is CC(c1cccc(Cl)c1)N(C)Cc1ccnc(C(N)=S)c1. The van der Waals surface area contributed by atoms with Crippen LogP contribution in [0.5, 0.6) is 0 Å². The van der Waals surface area contributed by atoms with Gasteiger partial charge in [0.2, 0.25) is 0 Å². The number of rotatable bonds is 5. The van der Waals surface area contributed by atoms with Crippen LogP contribution in [0.1, 0.15) is 29.8 Å². The van der Waals surface area contributed by atoms with Gasteiger partial charge in [0.1, 0.15) is 4.99 Å². The molecule has 1 heterocycles. The van der Waals surface area contributed by atoms with Gasteiger partial charge in [0.05, 0.1) is 5.69 Å². The molecule has 0 aliphatic rings. The van der Waals surface area contributed by atoms with Crippen LogP contribution in [-0.4, -0.2) is 21.9 Å². The predicted molar refractivity (Wildman–Crippen MR) is 91.5 cm³/mol. The summed E-state index contributed by atoms with van der Waals surface area (Å²) >= 11 is 11.0. The molecule has 0 fully saturated rings. The van der Waals surface area contributed by atoms with E-state index < -0.39 is 0 Å². The summed E-state index contributed by atoms with van der Waals surface area (Å²) in [5, 5.41) is 0.757. The van der Waals surface area contributed by atoms with Crippen molar-refractivity contribution in [1.29, 1.82) is 0 Å². The quantitative estimate of drug-likeness (QED) is 0.856. The molecule has 21 heavy (non-hydrogen) atoms. The molecule has 2 rings (SSSR count). The predicted octanol–water partition coefficient (Wildman–Crippen LogP) is 3.56. The lowest BCUT2D eigenvalue weighted by Crippen LogP contribution is -2.22. The Morgan fingerprint density at radius 2 is 2.14 bits per heavy atom. The lowest BCUT2D eigenvalue weighted by molar-refractivity contribution is 0.253. The summed E-state index contributed by atoms with van der Waals surface area (Å²) in [6.07, 6.45) is 1.74. The lowest BCUT2D eigenvalue weighted by atomic mass is 10.1. The third kappa shape index (κ3) is 4.24. The van der Waals surface area contributed by atoms with Crippen LogP contribution in [0.15, 0.2) is 42.6 Å². The molecule has 2 aromatic rings. The fraction of sp³-hybridized carbons (Fsp3) is 0.250. The average Bonchev–Trinajstić information content (AvgIpc) is 2.46. The Labute approximate surface area is 135 Å². The Morgan fingerprint density at radius 1 is 1.38 bits per heavy atom. The zero-order valence-electron chi connectivity index (χ0n) is 12.1. The highest BCUT2D eigenvalue weighted by molar-refractivity contribution is 7.80. The maximum Gasteiger partial charge on any atom is 0.122 e. The fourth-order valence-corrected chi connectivity index (χ4v) is 2.46. The first-order valence-electron chi connectivity index (χ1n) is 6.68. The smallest absolute Gasteiger partial charge is 0.122 e. The second-order valence-electron chi connectivity index (χ2n) is 5.06. The van der Waals surface area contributed by atoms with Gasteiger partial charge in [0.25, 0.3) is 0 Å². The number of nitrogens with zero attached hydrogens (tertiary/aromatic N) is 2. The van der Waals surface area contributed by atoms with Crippen LogP contribution >= 0.6 is 23.8 Å². The molecule has 0 aliphatic carbocycles. The van der Waals surface area contributed by atoms with Crippen LogP contribution in [0, 0.1) is 0 Å². The van der Waals surface area contributed by atoms with Crippen molar-refractivity contribution in [2.75, 3.05) is 7.05 Å². The van der Waals surface area contributed by atoms with Gasteiger partial charge in [-0.1, -0.05) is 36.0 Å². The summed E-state index contributed by atoms with van der Waals surface area (Å²) in [6, 6.07) is 12.1. The molecule has 1 aromatic heterocycles. The van der Waals surface area contributed by atoms with Crippen LogP contribution in [0.3, 0.4) is 0 Å². The Bertz CT molecular complexity index is 645. The van der Waals surface area contributed by atoms with Gasteiger partial charge in [-0.3, -0.25) is 9.88 Å². The first kappa shape index (κ1) is 15.9. The van der Waals surface area contributed by atoms with E-state index in [1.807, 2.05) is 30.3 Å². The lowest BCUT2D eigenvalue weighted by Gasteiger charge is -2.25. The minimum absolute atomic E-state index is 0.255. The number of pyridine rings is 1. The van der Waals surface area contributed by atoms with E-state index in [9.17, 15) is 0 Å². The molecule has 0 bridgehead atoms. The van der Waals surface area contributed by atoms with Crippen molar-refractivity contribution in [2.24, 2.45) is 5.73 Å².